The Hall–Kier alpha value is -2.37. The van der Waals surface area contributed by atoms with Crippen molar-refractivity contribution in [3.63, 3.8) is 0 Å². The Morgan fingerprint density at radius 1 is 1.39 bits per heavy atom. The lowest BCUT2D eigenvalue weighted by Crippen LogP contribution is -2.38. The molecule has 0 aliphatic rings. The molecule has 0 saturated heterocycles. The van der Waals surface area contributed by atoms with E-state index in [2.05, 4.69) is 10.1 Å². The largest absolute Gasteiger partial charge is 0.481 e. The first-order chi connectivity index (χ1) is 8.66. The van der Waals surface area contributed by atoms with Gasteiger partial charge in [-0.05, 0) is 11.2 Å². The minimum Gasteiger partial charge on any atom is -0.481 e. The fourth-order valence-corrected chi connectivity index (χ4v) is 1.50. The Morgan fingerprint density at radius 3 is 2.83 bits per heavy atom. The van der Waals surface area contributed by atoms with E-state index < -0.39 is 11.8 Å². The smallest absolute Gasteiger partial charge is 0.309 e. The van der Waals surface area contributed by atoms with Crippen LogP contribution in [0.25, 0.3) is 11.1 Å². The zero-order valence-corrected chi connectivity index (χ0v) is 9.45. The number of carboxylic acids is 1. The lowest BCUT2D eigenvalue weighted by Gasteiger charge is -2.00. The van der Waals surface area contributed by atoms with E-state index in [4.69, 9.17) is 5.11 Å². The van der Waals surface area contributed by atoms with Crippen molar-refractivity contribution in [1.29, 1.82) is 0 Å². The number of pyridine rings is 1. The number of aliphatic carboxylic acids is 1. The molecular weight excluding hydrogens is 237 g/mol. The van der Waals surface area contributed by atoms with Crippen LogP contribution in [0, 0.1) is 5.82 Å². The summed E-state index contributed by atoms with van der Waals surface area (Å²) < 4.78 is 15.0. The van der Waals surface area contributed by atoms with Crippen molar-refractivity contribution in [1.82, 2.24) is 10.1 Å². The first-order valence-corrected chi connectivity index (χ1v) is 5.34. The molecule has 2 heterocycles. The molecule has 0 fully saturated rings. The fourth-order valence-electron chi connectivity index (χ4n) is 1.50. The van der Waals surface area contributed by atoms with Crippen LogP contribution >= 0.6 is 0 Å². The summed E-state index contributed by atoms with van der Waals surface area (Å²) in [5.74, 6) is -1.30. The van der Waals surface area contributed by atoms with Crippen molar-refractivity contribution in [2.75, 3.05) is 0 Å². The third-order valence-corrected chi connectivity index (χ3v) is 2.41. The lowest BCUT2D eigenvalue weighted by molar-refractivity contribution is -0.752. The molecule has 0 saturated carbocycles. The van der Waals surface area contributed by atoms with Crippen LogP contribution in [0.2, 0.25) is 0 Å². The molecule has 0 atom stereocenters. The highest BCUT2D eigenvalue weighted by atomic mass is 19.1. The van der Waals surface area contributed by atoms with Gasteiger partial charge in [-0.25, -0.2) is 4.39 Å². The maximum absolute atomic E-state index is 13.5. The zero-order chi connectivity index (χ0) is 13.0. The topological polar surface area (TPSA) is 67.0 Å². The zero-order valence-electron chi connectivity index (χ0n) is 9.45. The molecule has 0 aliphatic heterocycles. The second kappa shape index (κ2) is 5.31. The summed E-state index contributed by atoms with van der Waals surface area (Å²) in [5.41, 5.74) is 1.05. The summed E-state index contributed by atoms with van der Waals surface area (Å²) in [6.07, 6.45) is 5.77. The van der Waals surface area contributed by atoms with Crippen LogP contribution in [0.4, 0.5) is 4.39 Å². The van der Waals surface area contributed by atoms with E-state index in [0.29, 0.717) is 11.1 Å². The fraction of sp³-hybridized carbons (Fsp3) is 0.167. The molecule has 0 aliphatic carbocycles. The van der Waals surface area contributed by atoms with Crippen molar-refractivity contribution >= 4 is 5.97 Å². The Labute approximate surface area is 103 Å². The van der Waals surface area contributed by atoms with Gasteiger partial charge in [0.2, 0.25) is 0 Å². The molecule has 2 aromatic rings. The average Bonchev–Trinajstić information content (AvgIpc) is 2.38. The van der Waals surface area contributed by atoms with Gasteiger partial charge < -0.3 is 5.11 Å². The minimum atomic E-state index is -0.881. The molecule has 2 aromatic heterocycles. The molecular formula is C12H11FN3O2+. The highest BCUT2D eigenvalue weighted by molar-refractivity contribution is 5.66. The molecule has 0 spiro atoms. The van der Waals surface area contributed by atoms with E-state index in [1.165, 1.54) is 17.1 Å². The van der Waals surface area contributed by atoms with Gasteiger partial charge in [-0.15, -0.1) is 0 Å². The number of aryl methyl sites for hydroxylation is 1. The maximum Gasteiger partial charge on any atom is 0.309 e. The monoisotopic (exact) mass is 248 g/mol. The standard InChI is InChI=1S/C12H10FN3O2/c13-11-8-14-4-1-10(11)9-2-5-16(15-7-9)6-3-12(17)18/h1-2,4-5,7-8H,3,6H2/p+1. The predicted molar refractivity (Wildman–Crippen MR) is 59.9 cm³/mol. The molecule has 0 bridgehead atoms. The minimum absolute atomic E-state index is 0.000626. The van der Waals surface area contributed by atoms with Crippen LogP contribution in [-0.2, 0) is 11.3 Å². The van der Waals surface area contributed by atoms with E-state index in [1.807, 2.05) is 0 Å². The molecule has 0 unspecified atom stereocenters. The highest BCUT2D eigenvalue weighted by Crippen LogP contribution is 2.19. The Kier molecular flexibility index (Phi) is 3.57. The van der Waals surface area contributed by atoms with E-state index >= 15 is 0 Å². The van der Waals surface area contributed by atoms with Crippen LogP contribution in [0.3, 0.4) is 0 Å². The summed E-state index contributed by atoms with van der Waals surface area (Å²) >= 11 is 0. The van der Waals surface area contributed by atoms with Gasteiger partial charge in [0.05, 0.1) is 6.20 Å². The molecule has 18 heavy (non-hydrogen) atoms. The van der Waals surface area contributed by atoms with Gasteiger partial charge in [0.25, 0.3) is 0 Å². The number of nitrogens with zero attached hydrogens (tertiary/aromatic N) is 3. The molecule has 6 heteroatoms. The van der Waals surface area contributed by atoms with E-state index in [-0.39, 0.29) is 13.0 Å². The average molecular weight is 248 g/mol. The molecule has 1 N–H and O–H groups in total. The SMILES string of the molecule is O=C(O)CC[n+]1ccc(-c2ccncc2F)cn1. The van der Waals surface area contributed by atoms with Gasteiger partial charge in [-0.1, -0.05) is 4.68 Å². The Balaban J connectivity index is 2.17. The lowest BCUT2D eigenvalue weighted by atomic mass is 10.1. The summed E-state index contributed by atoms with van der Waals surface area (Å²) in [5, 5.41) is 12.6. The Morgan fingerprint density at radius 2 is 2.22 bits per heavy atom. The van der Waals surface area contributed by atoms with Gasteiger partial charge in [-0.2, -0.15) is 0 Å². The molecule has 0 radical (unpaired) electrons. The van der Waals surface area contributed by atoms with Crippen molar-refractivity contribution in [2.45, 2.75) is 13.0 Å². The van der Waals surface area contributed by atoms with Crippen LogP contribution in [0.1, 0.15) is 6.42 Å². The quantitative estimate of drug-likeness (QED) is 0.821. The van der Waals surface area contributed by atoms with Crippen LogP contribution < -0.4 is 4.68 Å². The van der Waals surface area contributed by atoms with Gasteiger partial charge in [0.15, 0.2) is 12.7 Å². The summed E-state index contributed by atoms with van der Waals surface area (Å²) in [4.78, 5) is 14.1. The first kappa shape index (κ1) is 12.1. The van der Waals surface area contributed by atoms with E-state index in [9.17, 15) is 9.18 Å². The molecule has 2 rings (SSSR count). The van der Waals surface area contributed by atoms with Gasteiger partial charge in [0.1, 0.15) is 18.4 Å². The van der Waals surface area contributed by atoms with Crippen molar-refractivity contribution in [3.05, 3.63) is 42.7 Å². The second-order valence-electron chi connectivity index (χ2n) is 3.68. The van der Waals surface area contributed by atoms with Crippen molar-refractivity contribution < 1.29 is 19.0 Å². The van der Waals surface area contributed by atoms with Crippen LogP contribution in [0.5, 0.6) is 0 Å². The van der Waals surface area contributed by atoms with E-state index in [0.717, 1.165) is 6.20 Å². The summed E-state index contributed by atoms with van der Waals surface area (Å²) in [6.45, 7) is 0.286. The highest BCUT2D eigenvalue weighted by Gasteiger charge is 2.09. The number of hydrogen-bond donors (Lipinski definition) is 1. The first-order valence-electron chi connectivity index (χ1n) is 5.34. The number of carbonyl (C=O) groups is 1. The van der Waals surface area contributed by atoms with E-state index in [1.54, 1.807) is 18.3 Å². The van der Waals surface area contributed by atoms with Crippen LogP contribution in [0.15, 0.2) is 36.9 Å². The van der Waals surface area contributed by atoms with Gasteiger partial charge in [0, 0.05) is 23.4 Å². The van der Waals surface area contributed by atoms with Crippen LogP contribution in [-0.4, -0.2) is 21.2 Å². The predicted octanol–water partition coefficient (Wildman–Crippen LogP) is 1.04. The molecule has 92 valence electrons. The molecule has 0 aromatic carbocycles. The number of aromatic nitrogens is 3. The maximum atomic E-state index is 13.5. The molecule has 0 amide bonds. The second-order valence-corrected chi connectivity index (χ2v) is 3.68. The third-order valence-electron chi connectivity index (χ3n) is 2.41. The van der Waals surface area contributed by atoms with Crippen molar-refractivity contribution in [3.8, 4) is 11.1 Å². The molecule has 5 nitrogen and oxygen atoms in total. The van der Waals surface area contributed by atoms with Gasteiger partial charge in [-0.3, -0.25) is 9.78 Å². The summed E-state index contributed by atoms with van der Waals surface area (Å²) in [6, 6.07) is 3.25. The number of hydrogen-bond acceptors (Lipinski definition) is 3. The Bertz CT molecular complexity index is 558. The number of rotatable bonds is 4. The van der Waals surface area contributed by atoms with Gasteiger partial charge >= 0.3 is 5.97 Å². The normalized spacial score (nSPS) is 10.3. The summed E-state index contributed by atoms with van der Waals surface area (Å²) in [7, 11) is 0. The number of carboxylic acid groups (broad SMARTS) is 1. The van der Waals surface area contributed by atoms with Crippen molar-refractivity contribution in [2.24, 2.45) is 0 Å². The number of halogens is 1. The third kappa shape index (κ3) is 2.85.